The van der Waals surface area contributed by atoms with Crippen molar-refractivity contribution < 1.29 is 0 Å². The Labute approximate surface area is 167 Å². The second-order valence-corrected chi connectivity index (χ2v) is 7.46. The van der Waals surface area contributed by atoms with Crippen LogP contribution in [0.25, 0.3) is 15.9 Å². The van der Waals surface area contributed by atoms with Crippen LogP contribution < -0.4 is 10.6 Å². The van der Waals surface area contributed by atoms with Crippen molar-refractivity contribution in [2.45, 2.75) is 26.3 Å². The maximum Gasteiger partial charge on any atom is 0.191 e. The predicted molar refractivity (Wildman–Crippen MR) is 114 cm³/mol. The Balaban J connectivity index is 1.32. The molecule has 0 saturated heterocycles. The van der Waals surface area contributed by atoms with Crippen molar-refractivity contribution >= 4 is 33.2 Å². The van der Waals surface area contributed by atoms with Crippen molar-refractivity contribution in [3.8, 4) is 0 Å². The largest absolute Gasteiger partial charge is 0.357 e. The van der Waals surface area contributed by atoms with Gasteiger partial charge in [-0.2, -0.15) is 0 Å². The van der Waals surface area contributed by atoms with Gasteiger partial charge in [0.15, 0.2) is 17.4 Å². The number of nitrogens with one attached hydrogen (secondary N) is 2. The minimum Gasteiger partial charge on any atom is -0.357 e. The molecule has 0 aliphatic carbocycles. The molecular weight excluding hydrogens is 370 g/mol. The summed E-state index contributed by atoms with van der Waals surface area (Å²) in [5.41, 5.74) is 1.92. The number of rotatable bonds is 7. The number of nitrogens with zero attached hydrogens (tertiary/aromatic N) is 5. The van der Waals surface area contributed by atoms with Crippen molar-refractivity contribution in [3.63, 3.8) is 0 Å². The Morgan fingerprint density at radius 3 is 2.89 bits per heavy atom. The first kappa shape index (κ1) is 18.4. The summed E-state index contributed by atoms with van der Waals surface area (Å²) < 4.78 is 3.21. The van der Waals surface area contributed by atoms with Crippen molar-refractivity contribution in [1.29, 1.82) is 0 Å². The molecule has 0 aliphatic heterocycles. The number of thiazole rings is 1. The van der Waals surface area contributed by atoms with Gasteiger partial charge in [-0.05, 0) is 37.6 Å². The van der Waals surface area contributed by atoms with Gasteiger partial charge in [0, 0.05) is 25.7 Å². The molecule has 4 aromatic rings. The van der Waals surface area contributed by atoms with E-state index in [2.05, 4.69) is 50.9 Å². The third-order valence-electron chi connectivity index (χ3n) is 4.31. The van der Waals surface area contributed by atoms with E-state index in [9.17, 15) is 0 Å². The van der Waals surface area contributed by atoms with E-state index in [0.29, 0.717) is 6.54 Å². The Hall–Kier alpha value is -3.00. The lowest BCUT2D eigenvalue weighted by molar-refractivity contribution is 0.738. The topological polar surface area (TPSA) is 79.5 Å². The van der Waals surface area contributed by atoms with Gasteiger partial charge < -0.3 is 10.6 Å². The molecule has 8 heteroatoms. The molecule has 0 atom stereocenters. The molecule has 0 saturated carbocycles. The molecule has 3 aromatic heterocycles. The zero-order valence-corrected chi connectivity index (χ0v) is 16.6. The van der Waals surface area contributed by atoms with Gasteiger partial charge in [-0.3, -0.25) is 4.40 Å². The molecule has 7 nitrogen and oxygen atoms in total. The molecule has 4 rings (SSSR count). The van der Waals surface area contributed by atoms with Gasteiger partial charge in [0.05, 0.1) is 15.2 Å². The predicted octanol–water partition coefficient (Wildman–Crippen LogP) is 3.03. The molecule has 144 valence electrons. The summed E-state index contributed by atoms with van der Waals surface area (Å²) in [6.45, 7) is 4.18. The molecule has 1 aromatic carbocycles. The number of pyridine rings is 1. The minimum atomic E-state index is 0.471. The summed E-state index contributed by atoms with van der Waals surface area (Å²) in [6, 6.07) is 14.1. The van der Waals surface area contributed by atoms with Crippen molar-refractivity contribution in [2.75, 3.05) is 13.1 Å². The molecule has 0 fully saturated rings. The third-order valence-corrected chi connectivity index (χ3v) is 5.40. The lowest BCUT2D eigenvalue weighted by Gasteiger charge is -2.10. The number of para-hydroxylation sites is 1. The highest BCUT2D eigenvalue weighted by atomic mass is 32.1. The number of hydrogen-bond donors (Lipinski definition) is 2. The SMILES string of the molecule is CCNC(=NCc1nnc2ccccn12)NCCCc1nc2ccccc2s1. The number of aliphatic imine (C=N–C) groups is 1. The smallest absolute Gasteiger partial charge is 0.191 e. The van der Waals surface area contributed by atoms with Crippen LogP contribution in [0.5, 0.6) is 0 Å². The van der Waals surface area contributed by atoms with E-state index < -0.39 is 0 Å². The summed E-state index contributed by atoms with van der Waals surface area (Å²) in [6.07, 6.45) is 3.91. The second kappa shape index (κ2) is 8.79. The summed E-state index contributed by atoms with van der Waals surface area (Å²) in [7, 11) is 0. The molecule has 28 heavy (non-hydrogen) atoms. The highest BCUT2D eigenvalue weighted by molar-refractivity contribution is 7.18. The number of guanidine groups is 1. The maximum atomic E-state index is 4.69. The number of benzene rings is 1. The first-order chi connectivity index (χ1) is 13.8. The van der Waals surface area contributed by atoms with Crippen molar-refractivity contribution in [1.82, 2.24) is 30.2 Å². The van der Waals surface area contributed by atoms with Crippen LogP contribution in [0.3, 0.4) is 0 Å². The molecule has 0 radical (unpaired) electrons. The van der Waals surface area contributed by atoms with Crippen LogP contribution in [0.1, 0.15) is 24.2 Å². The molecule has 3 heterocycles. The van der Waals surface area contributed by atoms with Gasteiger partial charge >= 0.3 is 0 Å². The summed E-state index contributed by atoms with van der Waals surface area (Å²) >= 11 is 1.77. The molecule has 0 spiro atoms. The Bertz CT molecular complexity index is 1050. The number of hydrogen-bond acceptors (Lipinski definition) is 5. The molecule has 2 N–H and O–H groups in total. The number of aromatic nitrogens is 4. The molecule has 0 unspecified atom stereocenters. The van der Waals surface area contributed by atoms with Gasteiger partial charge in [0.1, 0.15) is 6.54 Å². The molecule has 0 aliphatic rings. The highest BCUT2D eigenvalue weighted by Gasteiger charge is 2.06. The standard InChI is InChI=1S/C20H23N7S/c1-2-21-20(23-14-18-26-25-17-10-5-6-13-27(17)18)22-12-7-11-19-24-15-8-3-4-9-16(15)28-19/h3-6,8-10,13H,2,7,11-12,14H2,1H3,(H2,21,22,23). The van der Waals surface area contributed by atoms with Crippen LogP contribution in [0.4, 0.5) is 0 Å². The number of fused-ring (bicyclic) bond motifs is 2. The third kappa shape index (κ3) is 4.28. The fourth-order valence-electron chi connectivity index (χ4n) is 2.96. The van der Waals surface area contributed by atoms with Crippen molar-refractivity contribution in [3.05, 3.63) is 59.5 Å². The Morgan fingerprint density at radius 2 is 2.00 bits per heavy atom. The first-order valence-electron chi connectivity index (χ1n) is 9.49. The lowest BCUT2D eigenvalue weighted by Crippen LogP contribution is -2.37. The van der Waals surface area contributed by atoms with E-state index >= 15 is 0 Å². The van der Waals surface area contributed by atoms with Gasteiger partial charge in [-0.15, -0.1) is 21.5 Å². The van der Waals surface area contributed by atoms with Crippen LogP contribution >= 0.6 is 11.3 Å². The zero-order chi connectivity index (χ0) is 19.2. The zero-order valence-electron chi connectivity index (χ0n) is 15.8. The highest BCUT2D eigenvalue weighted by Crippen LogP contribution is 2.22. The van der Waals surface area contributed by atoms with E-state index in [-0.39, 0.29) is 0 Å². The van der Waals surface area contributed by atoms with Crippen LogP contribution in [0, 0.1) is 0 Å². The van der Waals surface area contributed by atoms with Crippen LogP contribution in [0.15, 0.2) is 53.7 Å². The Kier molecular flexibility index (Phi) is 5.77. The lowest BCUT2D eigenvalue weighted by atomic mass is 10.3. The normalized spacial score (nSPS) is 12.0. The van der Waals surface area contributed by atoms with Crippen LogP contribution in [-0.2, 0) is 13.0 Å². The number of aryl methyl sites for hydroxylation is 1. The van der Waals surface area contributed by atoms with Crippen LogP contribution in [0.2, 0.25) is 0 Å². The summed E-state index contributed by atoms with van der Waals surface area (Å²) in [5, 5.41) is 16.2. The fourth-order valence-corrected chi connectivity index (χ4v) is 3.97. The van der Waals surface area contributed by atoms with E-state index in [1.54, 1.807) is 11.3 Å². The molecule has 0 amide bonds. The summed E-state index contributed by atoms with van der Waals surface area (Å²) in [4.78, 5) is 9.34. The van der Waals surface area contributed by atoms with E-state index in [1.807, 2.05) is 34.9 Å². The van der Waals surface area contributed by atoms with Crippen molar-refractivity contribution in [2.24, 2.45) is 4.99 Å². The molecule has 0 bridgehead atoms. The Morgan fingerprint density at radius 1 is 1.11 bits per heavy atom. The first-order valence-corrected chi connectivity index (χ1v) is 10.3. The average Bonchev–Trinajstić information content (AvgIpc) is 3.33. The molecular formula is C20H23N7S. The van der Waals surface area contributed by atoms with E-state index in [0.717, 1.165) is 48.9 Å². The monoisotopic (exact) mass is 393 g/mol. The van der Waals surface area contributed by atoms with Gasteiger partial charge in [-0.25, -0.2) is 9.98 Å². The van der Waals surface area contributed by atoms with Gasteiger partial charge in [-0.1, -0.05) is 18.2 Å². The summed E-state index contributed by atoms with van der Waals surface area (Å²) in [5.74, 6) is 1.61. The van der Waals surface area contributed by atoms with Gasteiger partial charge in [0.2, 0.25) is 0 Å². The van der Waals surface area contributed by atoms with Crippen LogP contribution in [-0.4, -0.2) is 38.6 Å². The minimum absolute atomic E-state index is 0.471. The maximum absolute atomic E-state index is 4.69. The average molecular weight is 394 g/mol. The van der Waals surface area contributed by atoms with Gasteiger partial charge in [0.25, 0.3) is 0 Å². The quantitative estimate of drug-likeness (QED) is 0.287. The van der Waals surface area contributed by atoms with E-state index in [1.165, 1.54) is 9.71 Å². The fraction of sp³-hybridized carbons (Fsp3) is 0.300. The van der Waals surface area contributed by atoms with E-state index in [4.69, 9.17) is 4.98 Å². The second-order valence-electron chi connectivity index (χ2n) is 6.35.